The number of hydrogen-bond acceptors (Lipinski definition) is 5. The van der Waals surface area contributed by atoms with Crippen molar-refractivity contribution in [3.8, 4) is 11.5 Å². The van der Waals surface area contributed by atoms with Crippen molar-refractivity contribution in [1.82, 2.24) is 9.78 Å². The number of hydrogen-bond donors (Lipinski definition) is 1. The molecule has 162 valence electrons. The van der Waals surface area contributed by atoms with Crippen molar-refractivity contribution in [3.05, 3.63) is 72.6 Å². The van der Waals surface area contributed by atoms with Crippen molar-refractivity contribution in [2.24, 2.45) is 0 Å². The Bertz CT molecular complexity index is 1160. The SMILES string of the molecule is Cc1cc(C)c(C)c(Oc2cc(NC(=O)CCn3ncc(I)c3C)cc([N+](=O)[O-])c2)c1. The van der Waals surface area contributed by atoms with E-state index in [0.717, 1.165) is 26.0 Å². The Morgan fingerprint density at radius 2 is 1.94 bits per heavy atom. The van der Waals surface area contributed by atoms with E-state index in [-0.39, 0.29) is 23.8 Å². The highest BCUT2D eigenvalue weighted by Crippen LogP contribution is 2.33. The molecule has 1 aromatic heterocycles. The Hall–Kier alpha value is -2.95. The quantitative estimate of drug-likeness (QED) is 0.247. The van der Waals surface area contributed by atoms with E-state index in [9.17, 15) is 14.9 Å². The minimum Gasteiger partial charge on any atom is -0.457 e. The maximum Gasteiger partial charge on any atom is 0.275 e. The van der Waals surface area contributed by atoms with Gasteiger partial charge in [-0.05, 0) is 73.0 Å². The van der Waals surface area contributed by atoms with Crippen molar-refractivity contribution in [2.75, 3.05) is 5.32 Å². The summed E-state index contributed by atoms with van der Waals surface area (Å²) < 4.78 is 8.75. The second kappa shape index (κ2) is 9.46. The minimum atomic E-state index is -0.508. The summed E-state index contributed by atoms with van der Waals surface area (Å²) in [4.78, 5) is 23.3. The number of nitrogens with one attached hydrogen (secondary N) is 1. The molecular formula is C22H23IN4O4. The van der Waals surface area contributed by atoms with Crippen LogP contribution in [0.2, 0.25) is 0 Å². The number of carbonyl (C=O) groups is 1. The summed E-state index contributed by atoms with van der Waals surface area (Å²) in [5.41, 5.74) is 4.18. The van der Waals surface area contributed by atoms with Crippen molar-refractivity contribution in [2.45, 2.75) is 40.7 Å². The van der Waals surface area contributed by atoms with E-state index >= 15 is 0 Å². The van der Waals surface area contributed by atoms with Gasteiger partial charge in [0.2, 0.25) is 5.91 Å². The Morgan fingerprint density at radius 3 is 2.58 bits per heavy atom. The van der Waals surface area contributed by atoms with Crippen molar-refractivity contribution in [3.63, 3.8) is 0 Å². The fraction of sp³-hybridized carbons (Fsp3) is 0.273. The number of ether oxygens (including phenoxy) is 1. The summed E-state index contributed by atoms with van der Waals surface area (Å²) in [6.07, 6.45) is 1.93. The Labute approximate surface area is 193 Å². The topological polar surface area (TPSA) is 99.3 Å². The molecule has 0 saturated carbocycles. The number of rotatable bonds is 7. The molecule has 31 heavy (non-hydrogen) atoms. The molecule has 1 N–H and O–H groups in total. The minimum absolute atomic E-state index is 0.160. The van der Waals surface area contributed by atoms with Gasteiger partial charge in [0.1, 0.15) is 11.5 Å². The fourth-order valence-corrected chi connectivity index (χ4v) is 3.54. The van der Waals surface area contributed by atoms with Crippen LogP contribution in [-0.2, 0) is 11.3 Å². The van der Waals surface area contributed by atoms with Gasteiger partial charge >= 0.3 is 0 Å². The molecule has 0 aliphatic heterocycles. The molecule has 0 fully saturated rings. The average Bonchev–Trinajstić information content (AvgIpc) is 3.02. The standard InChI is InChI=1S/C22H23IN4O4/c1-13-7-14(2)15(3)21(8-13)31-19-10-17(9-18(11-19)27(29)30)25-22(28)5-6-26-16(4)20(23)12-24-26/h7-12H,5-6H2,1-4H3,(H,25,28). The molecule has 0 aliphatic carbocycles. The monoisotopic (exact) mass is 534 g/mol. The summed E-state index contributed by atoms with van der Waals surface area (Å²) >= 11 is 2.19. The number of nitrogens with zero attached hydrogens (tertiary/aromatic N) is 3. The van der Waals surface area contributed by atoms with Crippen LogP contribution in [0.5, 0.6) is 11.5 Å². The lowest BCUT2D eigenvalue weighted by Gasteiger charge is -2.13. The lowest BCUT2D eigenvalue weighted by molar-refractivity contribution is -0.384. The van der Waals surface area contributed by atoms with Gasteiger partial charge in [-0.15, -0.1) is 0 Å². The van der Waals surface area contributed by atoms with Crippen molar-refractivity contribution < 1.29 is 14.5 Å². The summed E-state index contributed by atoms with van der Waals surface area (Å²) in [6, 6.07) is 8.18. The highest BCUT2D eigenvalue weighted by molar-refractivity contribution is 14.1. The molecule has 9 heteroatoms. The first kappa shape index (κ1) is 22.7. The van der Waals surface area contributed by atoms with Crippen LogP contribution in [-0.4, -0.2) is 20.6 Å². The zero-order valence-electron chi connectivity index (χ0n) is 17.7. The van der Waals surface area contributed by atoms with Crippen LogP contribution in [0.3, 0.4) is 0 Å². The first-order valence-electron chi connectivity index (χ1n) is 9.67. The summed E-state index contributed by atoms with van der Waals surface area (Å²) in [7, 11) is 0. The number of anilines is 1. The van der Waals surface area contributed by atoms with Crippen LogP contribution in [0.4, 0.5) is 11.4 Å². The summed E-state index contributed by atoms with van der Waals surface area (Å²) in [5.74, 6) is 0.646. The lowest BCUT2D eigenvalue weighted by atomic mass is 10.1. The van der Waals surface area contributed by atoms with Crippen LogP contribution in [0.1, 0.15) is 28.8 Å². The van der Waals surface area contributed by atoms with Gasteiger partial charge in [0.05, 0.1) is 33.0 Å². The lowest BCUT2D eigenvalue weighted by Crippen LogP contribution is -2.15. The first-order chi connectivity index (χ1) is 14.6. The number of nitro groups is 1. The molecule has 0 atom stereocenters. The first-order valence-corrected chi connectivity index (χ1v) is 10.7. The van der Waals surface area contributed by atoms with Crippen LogP contribution in [0.25, 0.3) is 0 Å². The zero-order chi connectivity index (χ0) is 22.7. The molecule has 3 aromatic rings. The molecular weight excluding hydrogens is 511 g/mol. The molecule has 0 spiro atoms. The number of amides is 1. The third-order valence-electron chi connectivity index (χ3n) is 4.97. The highest BCUT2D eigenvalue weighted by Gasteiger charge is 2.15. The Morgan fingerprint density at radius 1 is 1.19 bits per heavy atom. The maximum atomic E-state index is 12.4. The number of aromatic nitrogens is 2. The smallest absolute Gasteiger partial charge is 0.275 e. The Balaban J connectivity index is 1.79. The number of nitro benzene ring substituents is 1. The molecule has 0 bridgehead atoms. The molecule has 1 heterocycles. The molecule has 1 amide bonds. The number of aryl methyl sites for hydroxylation is 3. The maximum absolute atomic E-state index is 12.4. The van der Waals surface area contributed by atoms with E-state index in [1.807, 2.05) is 39.8 Å². The van der Waals surface area contributed by atoms with Crippen LogP contribution < -0.4 is 10.1 Å². The summed E-state index contributed by atoms with van der Waals surface area (Å²) in [6.45, 7) is 8.23. The predicted octanol–water partition coefficient (Wildman–Crippen LogP) is 5.45. The normalized spacial score (nSPS) is 10.7. The van der Waals surface area contributed by atoms with Crippen molar-refractivity contribution in [1.29, 1.82) is 0 Å². The van der Waals surface area contributed by atoms with E-state index in [0.29, 0.717) is 18.0 Å². The Kier molecular flexibility index (Phi) is 6.94. The van der Waals surface area contributed by atoms with Gasteiger partial charge in [-0.3, -0.25) is 19.6 Å². The van der Waals surface area contributed by atoms with Gasteiger partial charge in [-0.25, -0.2) is 0 Å². The van der Waals surface area contributed by atoms with Gasteiger partial charge in [0.25, 0.3) is 5.69 Å². The molecule has 0 radical (unpaired) electrons. The van der Waals surface area contributed by atoms with Gasteiger partial charge in [-0.2, -0.15) is 5.10 Å². The third kappa shape index (κ3) is 5.60. The van der Waals surface area contributed by atoms with Crippen LogP contribution in [0, 0.1) is 41.4 Å². The second-order valence-corrected chi connectivity index (χ2v) is 8.54. The number of halogens is 1. The van der Waals surface area contributed by atoms with E-state index in [1.54, 1.807) is 16.9 Å². The van der Waals surface area contributed by atoms with Gasteiger partial charge < -0.3 is 10.1 Å². The molecule has 3 rings (SSSR count). The number of non-ortho nitro benzene ring substituents is 1. The highest BCUT2D eigenvalue weighted by atomic mass is 127. The molecule has 0 aliphatic rings. The molecule has 0 unspecified atom stereocenters. The van der Waals surface area contributed by atoms with E-state index in [1.165, 1.54) is 12.1 Å². The third-order valence-corrected chi connectivity index (χ3v) is 6.03. The van der Waals surface area contributed by atoms with E-state index in [4.69, 9.17) is 4.74 Å². The van der Waals surface area contributed by atoms with Crippen molar-refractivity contribution >= 4 is 39.9 Å². The van der Waals surface area contributed by atoms with Gasteiger partial charge in [-0.1, -0.05) is 6.07 Å². The largest absolute Gasteiger partial charge is 0.457 e. The molecule has 8 nitrogen and oxygen atoms in total. The second-order valence-electron chi connectivity index (χ2n) is 7.38. The molecule has 2 aromatic carbocycles. The van der Waals surface area contributed by atoms with Gasteiger partial charge in [0, 0.05) is 24.2 Å². The van der Waals surface area contributed by atoms with Crippen LogP contribution >= 0.6 is 22.6 Å². The molecule has 0 saturated heterocycles. The zero-order valence-corrected chi connectivity index (χ0v) is 19.9. The fourth-order valence-electron chi connectivity index (χ4n) is 3.13. The number of carbonyl (C=O) groups excluding carboxylic acids is 1. The van der Waals surface area contributed by atoms with Crippen LogP contribution in [0.15, 0.2) is 36.5 Å². The van der Waals surface area contributed by atoms with Gasteiger partial charge in [0.15, 0.2) is 0 Å². The predicted molar refractivity (Wildman–Crippen MR) is 127 cm³/mol. The van der Waals surface area contributed by atoms with E-state index < -0.39 is 4.92 Å². The van der Waals surface area contributed by atoms with E-state index in [2.05, 4.69) is 33.0 Å². The summed E-state index contributed by atoms with van der Waals surface area (Å²) in [5, 5.41) is 18.4. The average molecular weight is 534 g/mol. The number of benzene rings is 2.